The predicted molar refractivity (Wildman–Crippen MR) is 98.2 cm³/mol. The molecule has 1 amide bonds. The van der Waals surface area contributed by atoms with Gasteiger partial charge >= 0.3 is 0 Å². The lowest BCUT2D eigenvalue weighted by Gasteiger charge is -2.50. The van der Waals surface area contributed by atoms with Crippen LogP contribution in [-0.2, 0) is 16.1 Å². The average molecular weight is 373 g/mol. The van der Waals surface area contributed by atoms with Crippen molar-refractivity contribution in [3.63, 3.8) is 0 Å². The number of aromatic nitrogens is 2. The van der Waals surface area contributed by atoms with E-state index in [0.29, 0.717) is 37.8 Å². The van der Waals surface area contributed by atoms with Gasteiger partial charge in [0.25, 0.3) is 5.91 Å². The van der Waals surface area contributed by atoms with Gasteiger partial charge in [0.1, 0.15) is 5.60 Å². The maximum Gasteiger partial charge on any atom is 0.255 e. The third kappa shape index (κ3) is 3.39. The highest BCUT2D eigenvalue weighted by Gasteiger charge is 2.54. The number of ether oxygens (including phenoxy) is 2. The van der Waals surface area contributed by atoms with Crippen LogP contribution >= 0.6 is 11.3 Å². The molecule has 0 aromatic carbocycles. The zero-order valence-corrected chi connectivity index (χ0v) is 15.9. The summed E-state index contributed by atoms with van der Waals surface area (Å²) in [6.07, 6.45) is 2.62. The van der Waals surface area contributed by atoms with E-state index in [-0.39, 0.29) is 11.5 Å². The van der Waals surface area contributed by atoms with Gasteiger partial charge in [-0.05, 0) is 32.4 Å². The van der Waals surface area contributed by atoms with Gasteiger partial charge < -0.3 is 14.4 Å². The summed E-state index contributed by atoms with van der Waals surface area (Å²) in [5.41, 5.74) is 2.28. The molecule has 0 N–H and O–H groups in total. The average Bonchev–Trinajstić information content (AvgIpc) is 3.20. The molecule has 2 aliphatic rings. The molecule has 2 aliphatic heterocycles. The molecule has 1 atom stereocenters. The number of pyridine rings is 1. The van der Waals surface area contributed by atoms with Crippen LogP contribution in [0.3, 0.4) is 0 Å². The number of hydrogen-bond acceptors (Lipinski definition) is 6. The second-order valence-electron chi connectivity index (χ2n) is 7.12. The highest BCUT2D eigenvalue weighted by atomic mass is 32.1. The number of thiazole rings is 1. The van der Waals surface area contributed by atoms with Gasteiger partial charge in [-0.1, -0.05) is 0 Å². The third-order valence-electron chi connectivity index (χ3n) is 5.20. The van der Waals surface area contributed by atoms with E-state index in [0.717, 1.165) is 29.4 Å². The van der Waals surface area contributed by atoms with Crippen molar-refractivity contribution >= 4 is 17.2 Å². The van der Waals surface area contributed by atoms with Crippen molar-refractivity contribution in [2.75, 3.05) is 26.3 Å². The van der Waals surface area contributed by atoms with Crippen LogP contribution in [0.25, 0.3) is 0 Å². The maximum absolute atomic E-state index is 12.6. The van der Waals surface area contributed by atoms with E-state index < -0.39 is 0 Å². The summed E-state index contributed by atoms with van der Waals surface area (Å²) in [4.78, 5) is 23.1. The van der Waals surface area contributed by atoms with Crippen molar-refractivity contribution in [2.24, 2.45) is 5.92 Å². The lowest BCUT2D eigenvalue weighted by atomic mass is 9.81. The quantitative estimate of drug-likeness (QED) is 0.806. The van der Waals surface area contributed by atoms with Crippen molar-refractivity contribution in [1.29, 1.82) is 0 Å². The van der Waals surface area contributed by atoms with E-state index in [1.165, 1.54) is 0 Å². The molecular weight excluding hydrogens is 350 g/mol. The Labute approximate surface area is 157 Å². The maximum atomic E-state index is 12.6. The molecule has 138 valence electrons. The minimum Gasteiger partial charge on any atom is -0.375 e. The molecule has 26 heavy (non-hydrogen) atoms. The molecule has 6 nitrogen and oxygen atoms in total. The Morgan fingerprint density at radius 3 is 2.96 bits per heavy atom. The Balaban J connectivity index is 1.31. The summed E-state index contributed by atoms with van der Waals surface area (Å²) in [6, 6.07) is 3.70. The molecule has 0 bridgehead atoms. The van der Waals surface area contributed by atoms with Crippen LogP contribution in [0, 0.1) is 19.8 Å². The summed E-state index contributed by atoms with van der Waals surface area (Å²) >= 11 is 1.64. The number of carbonyl (C=O) groups excluding carboxylic acids is 1. The van der Waals surface area contributed by atoms with Gasteiger partial charge in [-0.2, -0.15) is 0 Å². The fourth-order valence-corrected chi connectivity index (χ4v) is 4.27. The van der Waals surface area contributed by atoms with Gasteiger partial charge in [-0.25, -0.2) is 4.98 Å². The lowest BCUT2D eigenvalue weighted by molar-refractivity contribution is -0.129. The molecule has 7 heteroatoms. The number of amides is 1. The molecule has 4 rings (SSSR count). The van der Waals surface area contributed by atoms with Gasteiger partial charge in [0, 0.05) is 29.8 Å². The van der Waals surface area contributed by atoms with Crippen molar-refractivity contribution in [3.8, 4) is 0 Å². The first-order chi connectivity index (χ1) is 12.6. The molecule has 0 radical (unpaired) electrons. The van der Waals surface area contributed by atoms with E-state index in [1.807, 2.05) is 36.3 Å². The predicted octanol–water partition coefficient (Wildman–Crippen LogP) is 2.60. The third-order valence-corrected chi connectivity index (χ3v) is 6.02. The molecule has 2 aromatic rings. The van der Waals surface area contributed by atoms with E-state index >= 15 is 0 Å². The molecule has 4 heterocycles. The van der Waals surface area contributed by atoms with Crippen LogP contribution < -0.4 is 0 Å². The Hall–Kier alpha value is -1.83. The van der Waals surface area contributed by atoms with Crippen molar-refractivity contribution in [3.05, 3.63) is 45.7 Å². The topological polar surface area (TPSA) is 64.6 Å². The number of nitrogens with zero attached hydrogens (tertiary/aromatic N) is 3. The normalized spacial score (nSPS) is 21.2. The first kappa shape index (κ1) is 17.6. The van der Waals surface area contributed by atoms with E-state index in [2.05, 4.69) is 9.97 Å². The van der Waals surface area contributed by atoms with Crippen LogP contribution in [0.2, 0.25) is 0 Å². The zero-order valence-electron chi connectivity index (χ0n) is 15.1. The van der Waals surface area contributed by atoms with Gasteiger partial charge in [0.05, 0.1) is 42.6 Å². The van der Waals surface area contributed by atoms with Crippen molar-refractivity contribution < 1.29 is 14.3 Å². The fraction of sp³-hybridized carbons (Fsp3) is 0.526. The summed E-state index contributed by atoms with van der Waals surface area (Å²) < 4.78 is 11.9. The van der Waals surface area contributed by atoms with Gasteiger partial charge in [0.15, 0.2) is 0 Å². The number of aryl methyl sites for hydroxylation is 2. The molecule has 2 fully saturated rings. The molecule has 0 aliphatic carbocycles. The summed E-state index contributed by atoms with van der Waals surface area (Å²) in [7, 11) is 0. The first-order valence-electron chi connectivity index (χ1n) is 8.90. The summed E-state index contributed by atoms with van der Waals surface area (Å²) in [6.45, 7) is 7.08. The standard InChI is InChI=1S/C19H23N3O3S/c1-13-3-4-15(7-20-13)18(23)22-11-19(12-22)16(5-6-25-19)8-24-9-17-10-26-14(2)21-17/h3-4,7,10,16H,5-6,8-9,11-12H2,1-2H3. The zero-order chi connectivity index (χ0) is 18.1. The number of hydrogen-bond donors (Lipinski definition) is 0. The molecule has 1 spiro atoms. The lowest BCUT2D eigenvalue weighted by Crippen LogP contribution is -2.66. The summed E-state index contributed by atoms with van der Waals surface area (Å²) in [5.74, 6) is 0.346. The smallest absolute Gasteiger partial charge is 0.255 e. The Kier molecular flexibility index (Phi) is 4.77. The van der Waals surface area contributed by atoms with Crippen LogP contribution in [0.5, 0.6) is 0 Å². The minimum absolute atomic E-state index is 0.0243. The summed E-state index contributed by atoms with van der Waals surface area (Å²) in [5, 5.41) is 3.10. The number of rotatable bonds is 5. The van der Waals surface area contributed by atoms with Crippen LogP contribution in [0.4, 0.5) is 0 Å². The highest BCUT2D eigenvalue weighted by molar-refractivity contribution is 7.09. The molecule has 2 saturated heterocycles. The monoisotopic (exact) mass is 373 g/mol. The van der Waals surface area contributed by atoms with Crippen LogP contribution in [-0.4, -0.2) is 52.7 Å². The van der Waals surface area contributed by atoms with Gasteiger partial charge in [0.2, 0.25) is 0 Å². The highest BCUT2D eigenvalue weighted by Crippen LogP contribution is 2.40. The molecule has 0 saturated carbocycles. The van der Waals surface area contributed by atoms with Crippen LogP contribution in [0.15, 0.2) is 23.7 Å². The molecular formula is C19H23N3O3S. The molecule has 2 aromatic heterocycles. The number of carbonyl (C=O) groups is 1. The minimum atomic E-state index is -0.244. The SMILES string of the molecule is Cc1ccc(C(=O)N2CC3(C2)OCCC3COCc2csc(C)n2)cn1. The van der Waals surface area contributed by atoms with E-state index in [9.17, 15) is 4.79 Å². The molecule has 1 unspecified atom stereocenters. The van der Waals surface area contributed by atoms with Gasteiger partial charge in [-0.3, -0.25) is 9.78 Å². The van der Waals surface area contributed by atoms with Crippen LogP contribution in [0.1, 0.15) is 33.2 Å². The Morgan fingerprint density at radius 2 is 2.27 bits per heavy atom. The Morgan fingerprint density at radius 1 is 1.42 bits per heavy atom. The van der Waals surface area contributed by atoms with E-state index in [1.54, 1.807) is 17.5 Å². The first-order valence-corrected chi connectivity index (χ1v) is 9.78. The Bertz CT molecular complexity index is 784. The fourth-order valence-electron chi connectivity index (χ4n) is 3.67. The number of likely N-dealkylation sites (tertiary alicyclic amines) is 1. The van der Waals surface area contributed by atoms with Crippen molar-refractivity contribution in [1.82, 2.24) is 14.9 Å². The largest absolute Gasteiger partial charge is 0.375 e. The van der Waals surface area contributed by atoms with Crippen molar-refractivity contribution in [2.45, 2.75) is 32.5 Å². The second kappa shape index (κ2) is 7.06. The van der Waals surface area contributed by atoms with E-state index in [4.69, 9.17) is 9.47 Å². The second-order valence-corrected chi connectivity index (χ2v) is 8.18. The van der Waals surface area contributed by atoms with Gasteiger partial charge in [-0.15, -0.1) is 11.3 Å².